The van der Waals surface area contributed by atoms with Crippen LogP contribution in [0, 0.1) is 0 Å². The molecular formula is C25H31NO2. The molecule has 2 aromatic carbocycles. The fraction of sp³-hybridized carbons (Fsp3) is 0.440. The lowest BCUT2D eigenvalue weighted by atomic mass is 9.98. The van der Waals surface area contributed by atoms with Crippen LogP contribution in [0.5, 0.6) is 0 Å². The number of carbonyl (C=O) groups excluding carboxylic acids is 1. The van der Waals surface area contributed by atoms with Gasteiger partial charge in [0.1, 0.15) is 0 Å². The van der Waals surface area contributed by atoms with Crippen molar-refractivity contribution >= 4 is 27.5 Å². The maximum Gasteiger partial charge on any atom is 0.199 e. The summed E-state index contributed by atoms with van der Waals surface area (Å²) < 4.78 is 0. The second-order valence-corrected chi connectivity index (χ2v) is 7.74. The van der Waals surface area contributed by atoms with E-state index in [2.05, 4.69) is 11.9 Å². The van der Waals surface area contributed by atoms with Gasteiger partial charge >= 0.3 is 0 Å². The molecule has 0 saturated carbocycles. The minimum absolute atomic E-state index is 0.0252. The van der Waals surface area contributed by atoms with Gasteiger partial charge in [-0.15, -0.1) is 0 Å². The van der Waals surface area contributed by atoms with Crippen LogP contribution < -0.4 is 5.43 Å². The molecule has 0 bridgehead atoms. The van der Waals surface area contributed by atoms with Gasteiger partial charge in [0.25, 0.3) is 0 Å². The number of Topliss-reactive ketones (excluding diaryl/α,β-unsaturated/α-hetero) is 1. The highest BCUT2D eigenvalue weighted by molar-refractivity contribution is 6.08. The Balaban J connectivity index is 1.59. The van der Waals surface area contributed by atoms with Crippen molar-refractivity contribution in [2.45, 2.75) is 71.1 Å². The zero-order chi connectivity index (χ0) is 19.8. The van der Waals surface area contributed by atoms with Crippen LogP contribution in [-0.4, -0.2) is 10.8 Å². The molecule has 0 aliphatic heterocycles. The molecule has 0 unspecified atom stereocenters. The van der Waals surface area contributed by atoms with Gasteiger partial charge in [-0.05, 0) is 29.3 Å². The number of H-pyrrole nitrogens is 1. The van der Waals surface area contributed by atoms with E-state index in [1.807, 2.05) is 36.5 Å². The number of rotatable bonds is 11. The van der Waals surface area contributed by atoms with Gasteiger partial charge in [0.2, 0.25) is 0 Å². The van der Waals surface area contributed by atoms with Crippen LogP contribution in [0.4, 0.5) is 0 Å². The number of ketones is 1. The number of carbonyl (C=O) groups is 1. The van der Waals surface area contributed by atoms with Crippen molar-refractivity contribution in [1.82, 2.24) is 4.98 Å². The Labute approximate surface area is 167 Å². The SMILES string of the molecule is CCCCCCCCCCCC(=O)c1ccc2ccc3ccc[nH]c3c2c1=O. The van der Waals surface area contributed by atoms with Gasteiger partial charge in [-0.25, -0.2) is 0 Å². The average molecular weight is 378 g/mol. The van der Waals surface area contributed by atoms with Crippen LogP contribution in [0.3, 0.4) is 0 Å². The highest BCUT2D eigenvalue weighted by atomic mass is 16.1. The molecule has 1 aromatic heterocycles. The lowest BCUT2D eigenvalue weighted by Gasteiger charge is -2.06. The van der Waals surface area contributed by atoms with Gasteiger partial charge in [-0.1, -0.05) is 82.6 Å². The van der Waals surface area contributed by atoms with Crippen molar-refractivity contribution in [2.75, 3.05) is 0 Å². The first-order chi connectivity index (χ1) is 13.7. The highest BCUT2D eigenvalue weighted by Gasteiger charge is 2.14. The number of aromatic nitrogens is 1. The van der Waals surface area contributed by atoms with Gasteiger partial charge < -0.3 is 4.98 Å². The zero-order valence-corrected chi connectivity index (χ0v) is 16.9. The quantitative estimate of drug-likeness (QED) is 0.227. The van der Waals surface area contributed by atoms with Gasteiger partial charge in [0, 0.05) is 12.6 Å². The van der Waals surface area contributed by atoms with Gasteiger partial charge in [0.15, 0.2) is 11.2 Å². The van der Waals surface area contributed by atoms with Crippen LogP contribution in [0.25, 0.3) is 21.7 Å². The maximum atomic E-state index is 13.0. The van der Waals surface area contributed by atoms with Crippen molar-refractivity contribution in [3.8, 4) is 0 Å². The fourth-order valence-corrected chi connectivity index (χ4v) is 3.93. The average Bonchev–Trinajstić information content (AvgIpc) is 2.72. The summed E-state index contributed by atoms with van der Waals surface area (Å²) in [6, 6.07) is 11.4. The molecule has 0 amide bonds. The molecule has 0 aliphatic rings. The van der Waals surface area contributed by atoms with Gasteiger partial charge in [-0.2, -0.15) is 0 Å². The summed E-state index contributed by atoms with van der Waals surface area (Å²) in [7, 11) is 0. The molecule has 3 heteroatoms. The molecule has 0 saturated heterocycles. The van der Waals surface area contributed by atoms with E-state index in [1.165, 1.54) is 44.9 Å². The number of benzene rings is 2. The molecule has 0 radical (unpaired) electrons. The number of fused-ring (bicyclic) bond motifs is 3. The van der Waals surface area contributed by atoms with Crippen molar-refractivity contribution in [2.24, 2.45) is 0 Å². The zero-order valence-electron chi connectivity index (χ0n) is 16.9. The molecular weight excluding hydrogens is 346 g/mol. The second kappa shape index (κ2) is 10.2. The predicted molar refractivity (Wildman–Crippen MR) is 118 cm³/mol. The third-order valence-corrected chi connectivity index (χ3v) is 5.58. The van der Waals surface area contributed by atoms with Gasteiger partial charge in [0.05, 0.1) is 16.5 Å². The van der Waals surface area contributed by atoms with Gasteiger partial charge in [-0.3, -0.25) is 9.59 Å². The predicted octanol–water partition coefficient (Wildman–Crippen LogP) is 6.78. The number of aromatic amines is 1. The minimum Gasteiger partial charge on any atom is -0.361 e. The maximum absolute atomic E-state index is 13.0. The summed E-state index contributed by atoms with van der Waals surface area (Å²) in [6.07, 6.45) is 13.2. The minimum atomic E-state index is -0.147. The van der Waals surface area contributed by atoms with E-state index < -0.39 is 0 Å². The lowest BCUT2D eigenvalue weighted by Crippen LogP contribution is -2.15. The Kier molecular flexibility index (Phi) is 7.41. The van der Waals surface area contributed by atoms with Crippen LogP contribution in [0.2, 0.25) is 0 Å². The Bertz CT molecular complexity index is 987. The van der Waals surface area contributed by atoms with Crippen molar-refractivity contribution in [1.29, 1.82) is 0 Å². The molecule has 3 aromatic rings. The van der Waals surface area contributed by atoms with Crippen molar-refractivity contribution in [3.63, 3.8) is 0 Å². The van der Waals surface area contributed by atoms with Crippen LogP contribution in [0.15, 0.2) is 47.4 Å². The smallest absolute Gasteiger partial charge is 0.199 e. The van der Waals surface area contributed by atoms with E-state index >= 15 is 0 Å². The van der Waals surface area contributed by atoms with Crippen LogP contribution in [-0.2, 0) is 0 Å². The van der Waals surface area contributed by atoms with Crippen molar-refractivity contribution < 1.29 is 4.79 Å². The first-order valence-corrected chi connectivity index (χ1v) is 10.8. The fourth-order valence-electron chi connectivity index (χ4n) is 3.93. The van der Waals surface area contributed by atoms with E-state index in [9.17, 15) is 9.59 Å². The number of pyridine rings is 1. The molecule has 0 spiro atoms. The summed E-state index contributed by atoms with van der Waals surface area (Å²) in [5, 5.41) is 2.48. The summed E-state index contributed by atoms with van der Waals surface area (Å²) >= 11 is 0. The molecule has 3 rings (SSSR count). The van der Waals surface area contributed by atoms with E-state index in [4.69, 9.17) is 0 Å². The number of hydrogen-bond acceptors (Lipinski definition) is 2. The Morgan fingerprint density at radius 1 is 0.821 bits per heavy atom. The molecule has 1 heterocycles. The Morgan fingerprint density at radius 3 is 2.21 bits per heavy atom. The third kappa shape index (κ3) is 4.89. The van der Waals surface area contributed by atoms with Crippen LogP contribution in [0.1, 0.15) is 81.5 Å². The van der Waals surface area contributed by atoms with E-state index in [0.717, 1.165) is 29.1 Å². The molecule has 3 nitrogen and oxygen atoms in total. The topological polar surface area (TPSA) is 49.9 Å². The normalized spacial score (nSPS) is 11.3. The molecule has 28 heavy (non-hydrogen) atoms. The molecule has 0 fully saturated rings. The monoisotopic (exact) mass is 377 g/mol. The van der Waals surface area contributed by atoms with Crippen LogP contribution >= 0.6 is 0 Å². The summed E-state index contributed by atoms with van der Waals surface area (Å²) in [4.78, 5) is 28.8. The first-order valence-electron chi connectivity index (χ1n) is 10.8. The number of hydrogen-bond donors (Lipinski definition) is 1. The summed E-state index contributed by atoms with van der Waals surface area (Å²) in [6.45, 7) is 2.24. The molecule has 0 atom stereocenters. The number of nitrogens with one attached hydrogen (secondary N) is 1. The third-order valence-electron chi connectivity index (χ3n) is 5.58. The Hall–Kier alpha value is -2.42. The second-order valence-electron chi connectivity index (χ2n) is 7.74. The van der Waals surface area contributed by atoms with E-state index in [1.54, 1.807) is 6.07 Å². The lowest BCUT2D eigenvalue weighted by molar-refractivity contribution is 0.0978. The molecule has 1 N–H and O–H groups in total. The standard InChI is InChI=1S/C25H31NO2/c1-2-3-4-5-6-7-8-9-10-13-22(27)21-17-16-19-14-15-20-12-11-18-26-24(20)23(19)25(21)28/h11-12,14-18,26H,2-10,13H2,1H3. The summed E-state index contributed by atoms with van der Waals surface area (Å²) in [5.74, 6) is -0.0252. The van der Waals surface area contributed by atoms with Crippen molar-refractivity contribution in [3.05, 3.63) is 58.4 Å². The molecule has 0 aliphatic carbocycles. The molecule has 148 valence electrons. The highest BCUT2D eigenvalue weighted by Crippen LogP contribution is 2.22. The van der Waals surface area contributed by atoms with E-state index in [-0.39, 0.29) is 11.2 Å². The Morgan fingerprint density at radius 2 is 1.46 bits per heavy atom. The first kappa shape index (κ1) is 20.3. The number of unbranched alkanes of at least 4 members (excludes halogenated alkanes) is 8. The largest absolute Gasteiger partial charge is 0.361 e. The van der Waals surface area contributed by atoms with E-state index in [0.29, 0.717) is 17.4 Å². The summed E-state index contributed by atoms with van der Waals surface area (Å²) in [5.41, 5.74) is 0.992.